The van der Waals surface area contributed by atoms with E-state index in [4.69, 9.17) is 10.6 Å². The summed E-state index contributed by atoms with van der Waals surface area (Å²) >= 11 is 0. The number of benzene rings is 2. The van der Waals surface area contributed by atoms with E-state index in [-0.39, 0.29) is 6.04 Å². The molecule has 0 aromatic heterocycles. The average Bonchev–Trinajstić information content (AvgIpc) is 2.42. The van der Waals surface area contributed by atoms with Gasteiger partial charge >= 0.3 is 0 Å². The van der Waals surface area contributed by atoms with Crippen LogP contribution in [0.3, 0.4) is 0 Å². The van der Waals surface area contributed by atoms with Gasteiger partial charge in [0, 0.05) is 0 Å². The number of nitrogens with two attached hydrogens (primary N) is 1. The lowest BCUT2D eigenvalue weighted by Crippen LogP contribution is -2.28. The highest BCUT2D eigenvalue weighted by Crippen LogP contribution is 2.24. The number of hydrogen-bond acceptors (Lipinski definition) is 3. The molecule has 0 saturated heterocycles. The summed E-state index contributed by atoms with van der Waals surface area (Å²) in [5.74, 6) is 6.54. The highest BCUT2D eigenvalue weighted by molar-refractivity contribution is 5.36. The van der Waals surface area contributed by atoms with Gasteiger partial charge in [0.05, 0.1) is 12.6 Å². The van der Waals surface area contributed by atoms with Crippen molar-refractivity contribution >= 4 is 0 Å². The Kier molecular flexibility index (Phi) is 4.34. The van der Waals surface area contributed by atoms with Crippen molar-refractivity contribution < 1.29 is 4.74 Å². The molecular weight excluding hydrogens is 224 g/mol. The van der Waals surface area contributed by atoms with Crippen molar-refractivity contribution in [3.63, 3.8) is 0 Å². The molecule has 0 spiro atoms. The molecule has 0 fully saturated rings. The Labute approximate surface area is 108 Å². The predicted octanol–water partition coefficient (Wildman–Crippen LogP) is 2.64. The van der Waals surface area contributed by atoms with Crippen molar-refractivity contribution in [3.05, 3.63) is 65.7 Å². The topological polar surface area (TPSA) is 47.3 Å². The molecule has 0 saturated carbocycles. The van der Waals surface area contributed by atoms with Crippen molar-refractivity contribution in [1.29, 1.82) is 0 Å². The van der Waals surface area contributed by atoms with Gasteiger partial charge < -0.3 is 4.74 Å². The summed E-state index contributed by atoms with van der Waals surface area (Å²) in [4.78, 5) is 0. The fourth-order valence-corrected chi connectivity index (χ4v) is 1.98. The van der Waals surface area contributed by atoms with Crippen LogP contribution in [-0.2, 0) is 0 Å². The number of ether oxygens (including phenoxy) is 1. The molecule has 94 valence electrons. The molecule has 0 heterocycles. The fraction of sp³-hybridized carbons (Fsp3) is 0.200. The zero-order chi connectivity index (χ0) is 12.8. The average molecular weight is 242 g/mol. The third-order valence-electron chi connectivity index (χ3n) is 2.80. The largest absolute Gasteiger partial charge is 0.494 e. The van der Waals surface area contributed by atoms with Crippen molar-refractivity contribution in [2.24, 2.45) is 5.84 Å². The maximum Gasteiger partial charge on any atom is 0.119 e. The minimum absolute atomic E-state index is 0.0217. The zero-order valence-electron chi connectivity index (χ0n) is 10.5. The van der Waals surface area contributed by atoms with E-state index < -0.39 is 0 Å². The van der Waals surface area contributed by atoms with Gasteiger partial charge in [-0.05, 0) is 30.2 Å². The highest BCUT2D eigenvalue weighted by Gasteiger charge is 2.12. The summed E-state index contributed by atoms with van der Waals surface area (Å²) in [7, 11) is 0. The molecule has 3 N–H and O–H groups in total. The SMILES string of the molecule is CCOc1cccc(C(NN)c2ccccc2)c1. The molecule has 2 aromatic rings. The number of hydrogen-bond donors (Lipinski definition) is 2. The maximum absolute atomic E-state index is 5.67. The smallest absolute Gasteiger partial charge is 0.119 e. The van der Waals surface area contributed by atoms with Crippen molar-refractivity contribution in [1.82, 2.24) is 5.43 Å². The van der Waals surface area contributed by atoms with Gasteiger partial charge in [0.15, 0.2) is 0 Å². The molecule has 0 amide bonds. The molecule has 0 bridgehead atoms. The maximum atomic E-state index is 5.67. The zero-order valence-corrected chi connectivity index (χ0v) is 10.5. The Morgan fingerprint density at radius 1 is 1.06 bits per heavy atom. The minimum atomic E-state index is -0.0217. The van der Waals surface area contributed by atoms with Crippen LogP contribution in [0.5, 0.6) is 5.75 Å². The molecule has 3 heteroatoms. The van der Waals surface area contributed by atoms with Crippen LogP contribution in [-0.4, -0.2) is 6.61 Å². The van der Waals surface area contributed by atoms with E-state index in [2.05, 4.69) is 17.6 Å². The molecule has 0 aliphatic rings. The van der Waals surface area contributed by atoms with E-state index in [0.717, 1.165) is 16.9 Å². The van der Waals surface area contributed by atoms with Crippen LogP contribution < -0.4 is 16.0 Å². The monoisotopic (exact) mass is 242 g/mol. The highest BCUT2D eigenvalue weighted by atomic mass is 16.5. The Balaban J connectivity index is 2.30. The van der Waals surface area contributed by atoms with Crippen molar-refractivity contribution in [3.8, 4) is 5.75 Å². The third-order valence-corrected chi connectivity index (χ3v) is 2.80. The van der Waals surface area contributed by atoms with Gasteiger partial charge in [-0.1, -0.05) is 42.5 Å². The molecule has 1 atom stereocenters. The second-order valence-corrected chi connectivity index (χ2v) is 4.02. The quantitative estimate of drug-likeness (QED) is 0.626. The second-order valence-electron chi connectivity index (χ2n) is 4.02. The number of rotatable bonds is 5. The third kappa shape index (κ3) is 2.88. The van der Waals surface area contributed by atoms with Gasteiger partial charge in [0.25, 0.3) is 0 Å². The van der Waals surface area contributed by atoms with Crippen LogP contribution >= 0.6 is 0 Å². The van der Waals surface area contributed by atoms with Gasteiger partial charge in [-0.3, -0.25) is 5.84 Å². The van der Waals surface area contributed by atoms with Crippen LogP contribution in [0.25, 0.3) is 0 Å². The first-order valence-electron chi connectivity index (χ1n) is 6.09. The Hall–Kier alpha value is -1.84. The summed E-state index contributed by atoms with van der Waals surface area (Å²) in [5.41, 5.74) is 5.07. The lowest BCUT2D eigenvalue weighted by Gasteiger charge is -2.17. The van der Waals surface area contributed by atoms with Gasteiger partial charge in [0.2, 0.25) is 0 Å². The van der Waals surface area contributed by atoms with Crippen LogP contribution in [0.4, 0.5) is 0 Å². The van der Waals surface area contributed by atoms with E-state index in [1.807, 2.05) is 49.4 Å². The van der Waals surface area contributed by atoms with Crippen LogP contribution in [0.1, 0.15) is 24.1 Å². The van der Waals surface area contributed by atoms with Gasteiger partial charge in [-0.2, -0.15) is 0 Å². The predicted molar refractivity (Wildman–Crippen MR) is 73.2 cm³/mol. The molecule has 2 rings (SSSR count). The summed E-state index contributed by atoms with van der Waals surface area (Å²) < 4.78 is 5.51. The van der Waals surface area contributed by atoms with Crippen molar-refractivity contribution in [2.75, 3.05) is 6.61 Å². The first-order valence-corrected chi connectivity index (χ1v) is 6.09. The molecule has 3 nitrogen and oxygen atoms in total. The minimum Gasteiger partial charge on any atom is -0.494 e. The number of hydrazine groups is 1. The molecule has 0 aliphatic heterocycles. The molecule has 0 radical (unpaired) electrons. The second kappa shape index (κ2) is 6.19. The Bertz CT molecular complexity index is 485. The van der Waals surface area contributed by atoms with E-state index in [1.165, 1.54) is 0 Å². The van der Waals surface area contributed by atoms with Gasteiger partial charge in [-0.15, -0.1) is 0 Å². The Morgan fingerprint density at radius 3 is 2.44 bits per heavy atom. The standard InChI is InChI=1S/C15H18N2O/c1-2-18-14-10-6-9-13(11-14)15(17-16)12-7-4-3-5-8-12/h3-11,15,17H,2,16H2,1H3. The molecule has 0 aliphatic carbocycles. The number of nitrogens with one attached hydrogen (secondary N) is 1. The van der Waals surface area contributed by atoms with Crippen molar-refractivity contribution in [2.45, 2.75) is 13.0 Å². The van der Waals surface area contributed by atoms with Crippen LogP contribution in [0, 0.1) is 0 Å². The molecule has 1 unspecified atom stereocenters. The van der Waals surface area contributed by atoms with Gasteiger partial charge in [0.1, 0.15) is 5.75 Å². The van der Waals surface area contributed by atoms with E-state index >= 15 is 0 Å². The first kappa shape index (κ1) is 12.6. The van der Waals surface area contributed by atoms with E-state index in [1.54, 1.807) is 0 Å². The fourth-order valence-electron chi connectivity index (χ4n) is 1.98. The van der Waals surface area contributed by atoms with Crippen LogP contribution in [0.15, 0.2) is 54.6 Å². The first-order chi connectivity index (χ1) is 8.85. The molecule has 2 aromatic carbocycles. The molecular formula is C15H18N2O. The summed E-state index contributed by atoms with van der Waals surface area (Å²) in [6.07, 6.45) is 0. The van der Waals surface area contributed by atoms with E-state index in [0.29, 0.717) is 6.61 Å². The van der Waals surface area contributed by atoms with Crippen LogP contribution in [0.2, 0.25) is 0 Å². The van der Waals surface area contributed by atoms with Gasteiger partial charge in [-0.25, -0.2) is 5.43 Å². The molecule has 18 heavy (non-hydrogen) atoms. The summed E-state index contributed by atoms with van der Waals surface area (Å²) in [6, 6.07) is 18.1. The Morgan fingerprint density at radius 2 is 1.78 bits per heavy atom. The normalized spacial score (nSPS) is 12.1. The summed E-state index contributed by atoms with van der Waals surface area (Å²) in [5, 5.41) is 0. The van der Waals surface area contributed by atoms with E-state index in [9.17, 15) is 0 Å². The lowest BCUT2D eigenvalue weighted by molar-refractivity contribution is 0.339. The summed E-state index contributed by atoms with van der Waals surface area (Å²) in [6.45, 7) is 2.64. The lowest BCUT2D eigenvalue weighted by atomic mass is 9.99.